The molecule has 0 bridgehead atoms. The summed E-state index contributed by atoms with van der Waals surface area (Å²) >= 11 is 5.87. The zero-order valence-corrected chi connectivity index (χ0v) is 11.8. The normalized spacial score (nSPS) is 19.4. The van der Waals surface area contributed by atoms with Gasteiger partial charge < -0.3 is 10.2 Å². The lowest BCUT2D eigenvalue weighted by molar-refractivity contribution is -0.132. The van der Waals surface area contributed by atoms with Gasteiger partial charge in [0.05, 0.1) is 0 Å². The zero-order valence-electron chi connectivity index (χ0n) is 11.1. The maximum atomic E-state index is 12.2. The Morgan fingerprint density at radius 1 is 1.47 bits per heavy atom. The number of benzene rings is 1. The lowest BCUT2D eigenvalue weighted by Crippen LogP contribution is -2.48. The van der Waals surface area contributed by atoms with Gasteiger partial charge in [0.2, 0.25) is 5.91 Å². The van der Waals surface area contributed by atoms with E-state index >= 15 is 0 Å². The van der Waals surface area contributed by atoms with Gasteiger partial charge in [-0.15, -0.1) is 0 Å². The Balaban J connectivity index is 2.03. The van der Waals surface area contributed by atoms with Crippen LogP contribution in [0.15, 0.2) is 18.2 Å². The van der Waals surface area contributed by atoms with E-state index in [0.29, 0.717) is 30.0 Å². The fourth-order valence-electron chi connectivity index (χ4n) is 2.28. The molecule has 0 aliphatic carbocycles. The molecule has 1 atom stereocenters. The van der Waals surface area contributed by atoms with Gasteiger partial charge in [0, 0.05) is 36.6 Å². The SMILES string of the molecule is Cc1cc(Cl)ccc1C(=O)N[C@@H]1CCC(=O)N(C)C1. The summed E-state index contributed by atoms with van der Waals surface area (Å²) in [4.78, 5) is 25.2. The predicted octanol–water partition coefficient (Wildman–Crippen LogP) is 2.00. The Bertz CT molecular complexity index is 516. The van der Waals surface area contributed by atoms with Gasteiger partial charge in [0.1, 0.15) is 0 Å². The Kier molecular flexibility index (Phi) is 4.10. The first-order valence-electron chi connectivity index (χ1n) is 6.28. The minimum absolute atomic E-state index is 0.0188. The molecular weight excluding hydrogens is 264 g/mol. The van der Waals surface area contributed by atoms with E-state index in [1.54, 1.807) is 30.1 Å². The van der Waals surface area contributed by atoms with Crippen molar-refractivity contribution in [3.8, 4) is 0 Å². The predicted molar refractivity (Wildman–Crippen MR) is 74.3 cm³/mol. The highest BCUT2D eigenvalue weighted by molar-refractivity contribution is 6.30. The molecule has 2 rings (SSSR count). The van der Waals surface area contributed by atoms with Gasteiger partial charge in [0.25, 0.3) is 5.91 Å². The quantitative estimate of drug-likeness (QED) is 0.901. The van der Waals surface area contributed by atoms with Crippen LogP contribution < -0.4 is 5.32 Å². The van der Waals surface area contributed by atoms with E-state index in [1.165, 1.54) is 0 Å². The van der Waals surface area contributed by atoms with Crippen molar-refractivity contribution in [2.24, 2.45) is 0 Å². The average molecular weight is 281 g/mol. The second-order valence-electron chi connectivity index (χ2n) is 4.94. The summed E-state index contributed by atoms with van der Waals surface area (Å²) < 4.78 is 0. The molecule has 1 heterocycles. The smallest absolute Gasteiger partial charge is 0.251 e. The third-order valence-electron chi connectivity index (χ3n) is 3.39. The van der Waals surface area contributed by atoms with Crippen molar-refractivity contribution in [1.29, 1.82) is 0 Å². The largest absolute Gasteiger partial charge is 0.348 e. The first-order chi connectivity index (χ1) is 8.97. The van der Waals surface area contributed by atoms with E-state index in [4.69, 9.17) is 11.6 Å². The molecule has 2 amide bonds. The zero-order chi connectivity index (χ0) is 14.0. The van der Waals surface area contributed by atoms with Gasteiger partial charge in [0.15, 0.2) is 0 Å². The van der Waals surface area contributed by atoms with E-state index in [-0.39, 0.29) is 17.9 Å². The third-order valence-corrected chi connectivity index (χ3v) is 3.63. The lowest BCUT2D eigenvalue weighted by atomic mass is 10.0. The van der Waals surface area contributed by atoms with Crippen LogP contribution in [0.2, 0.25) is 5.02 Å². The number of rotatable bonds is 2. The van der Waals surface area contributed by atoms with Crippen LogP contribution in [-0.2, 0) is 4.79 Å². The van der Waals surface area contributed by atoms with Crippen molar-refractivity contribution in [2.75, 3.05) is 13.6 Å². The number of likely N-dealkylation sites (tertiary alicyclic amines) is 1. The molecule has 1 aliphatic heterocycles. The van der Waals surface area contributed by atoms with Gasteiger partial charge >= 0.3 is 0 Å². The minimum Gasteiger partial charge on any atom is -0.348 e. The summed E-state index contributed by atoms with van der Waals surface area (Å²) in [6, 6.07) is 5.22. The number of amides is 2. The number of hydrogen-bond donors (Lipinski definition) is 1. The Morgan fingerprint density at radius 2 is 2.21 bits per heavy atom. The van der Waals surface area contributed by atoms with Crippen molar-refractivity contribution < 1.29 is 9.59 Å². The number of carbonyl (C=O) groups excluding carboxylic acids is 2. The summed E-state index contributed by atoms with van der Waals surface area (Å²) in [5.74, 6) is 0.0232. The summed E-state index contributed by atoms with van der Waals surface area (Å²) in [6.07, 6.45) is 1.18. The molecular formula is C14H17ClN2O2. The van der Waals surface area contributed by atoms with Gasteiger partial charge in [-0.2, -0.15) is 0 Å². The minimum atomic E-state index is -0.109. The van der Waals surface area contributed by atoms with Crippen LogP contribution in [0.3, 0.4) is 0 Å². The fourth-order valence-corrected chi connectivity index (χ4v) is 2.50. The van der Waals surface area contributed by atoms with Gasteiger partial charge in [-0.3, -0.25) is 9.59 Å². The molecule has 0 radical (unpaired) electrons. The second-order valence-corrected chi connectivity index (χ2v) is 5.38. The van der Waals surface area contributed by atoms with E-state index < -0.39 is 0 Å². The number of hydrogen-bond acceptors (Lipinski definition) is 2. The standard InChI is InChI=1S/C14H17ClN2O2/c1-9-7-10(15)3-5-12(9)14(19)16-11-4-6-13(18)17(2)8-11/h3,5,7,11H,4,6,8H2,1-2H3,(H,16,19)/t11-/m1/s1. The van der Waals surface area contributed by atoms with Gasteiger partial charge in [-0.1, -0.05) is 11.6 Å². The van der Waals surface area contributed by atoms with Crippen LogP contribution in [-0.4, -0.2) is 36.3 Å². The molecule has 1 aliphatic rings. The summed E-state index contributed by atoms with van der Waals surface area (Å²) in [5, 5.41) is 3.59. The summed E-state index contributed by atoms with van der Waals surface area (Å²) in [7, 11) is 1.76. The molecule has 1 aromatic carbocycles. The van der Waals surface area contributed by atoms with Crippen molar-refractivity contribution in [2.45, 2.75) is 25.8 Å². The van der Waals surface area contributed by atoms with Crippen LogP contribution >= 0.6 is 11.6 Å². The van der Waals surface area contributed by atoms with Crippen LogP contribution in [0, 0.1) is 6.92 Å². The van der Waals surface area contributed by atoms with E-state index in [1.807, 2.05) is 6.92 Å². The maximum absolute atomic E-state index is 12.2. The van der Waals surface area contributed by atoms with Crippen LogP contribution in [0.4, 0.5) is 0 Å². The van der Waals surface area contributed by atoms with Crippen molar-refractivity contribution in [3.05, 3.63) is 34.3 Å². The summed E-state index contributed by atoms with van der Waals surface area (Å²) in [5.41, 5.74) is 1.48. The van der Waals surface area contributed by atoms with Gasteiger partial charge in [-0.25, -0.2) is 0 Å². The monoisotopic (exact) mass is 280 g/mol. The Labute approximate surface area is 117 Å². The molecule has 5 heteroatoms. The number of carbonyl (C=O) groups is 2. The van der Waals surface area contributed by atoms with Crippen LogP contribution in [0.1, 0.15) is 28.8 Å². The van der Waals surface area contributed by atoms with Crippen LogP contribution in [0.25, 0.3) is 0 Å². The first kappa shape index (κ1) is 13.9. The van der Waals surface area contributed by atoms with E-state index in [0.717, 1.165) is 5.56 Å². The highest BCUT2D eigenvalue weighted by Gasteiger charge is 2.24. The molecule has 1 aromatic rings. The molecule has 1 fully saturated rings. The molecule has 0 aromatic heterocycles. The number of likely N-dealkylation sites (N-methyl/N-ethyl adjacent to an activating group) is 1. The molecule has 1 N–H and O–H groups in total. The molecule has 19 heavy (non-hydrogen) atoms. The fraction of sp³-hybridized carbons (Fsp3) is 0.429. The highest BCUT2D eigenvalue weighted by Crippen LogP contribution is 2.16. The lowest BCUT2D eigenvalue weighted by Gasteiger charge is -2.30. The number of nitrogens with zero attached hydrogens (tertiary/aromatic N) is 1. The van der Waals surface area contributed by atoms with E-state index in [2.05, 4.69) is 5.32 Å². The number of nitrogens with one attached hydrogen (secondary N) is 1. The van der Waals surface area contributed by atoms with Crippen LogP contribution in [0.5, 0.6) is 0 Å². The summed E-state index contributed by atoms with van der Waals surface area (Å²) in [6.45, 7) is 2.43. The number of piperidine rings is 1. The molecule has 1 saturated heterocycles. The van der Waals surface area contributed by atoms with E-state index in [9.17, 15) is 9.59 Å². The second kappa shape index (κ2) is 5.61. The number of halogens is 1. The van der Waals surface area contributed by atoms with Crippen molar-refractivity contribution in [1.82, 2.24) is 10.2 Å². The highest BCUT2D eigenvalue weighted by atomic mass is 35.5. The molecule has 0 unspecified atom stereocenters. The Morgan fingerprint density at radius 3 is 2.84 bits per heavy atom. The topological polar surface area (TPSA) is 49.4 Å². The first-order valence-corrected chi connectivity index (χ1v) is 6.66. The molecule has 102 valence electrons. The molecule has 4 nitrogen and oxygen atoms in total. The van der Waals surface area contributed by atoms with Gasteiger partial charge in [-0.05, 0) is 37.1 Å². The molecule has 0 spiro atoms. The third kappa shape index (κ3) is 3.26. The molecule has 0 saturated carbocycles. The number of aryl methyl sites for hydroxylation is 1. The maximum Gasteiger partial charge on any atom is 0.251 e. The Hall–Kier alpha value is -1.55. The van der Waals surface area contributed by atoms with Crippen molar-refractivity contribution in [3.63, 3.8) is 0 Å². The van der Waals surface area contributed by atoms with Crippen molar-refractivity contribution >= 4 is 23.4 Å². The average Bonchev–Trinajstić information content (AvgIpc) is 2.33.